The SMILES string of the molecule is CCNC(=NCC(=O)Nc1ccc(F)cc1)NC1CCN(Cc2ccccc2)C(C)C1.I. The summed E-state index contributed by atoms with van der Waals surface area (Å²) in [5, 5.41) is 9.43. The molecule has 1 fully saturated rings. The van der Waals surface area contributed by atoms with E-state index in [1.807, 2.05) is 13.0 Å². The predicted octanol–water partition coefficient (Wildman–Crippen LogP) is 3.99. The molecule has 0 bridgehead atoms. The van der Waals surface area contributed by atoms with Gasteiger partial charge in [-0.15, -0.1) is 24.0 Å². The number of amides is 1. The van der Waals surface area contributed by atoms with E-state index >= 15 is 0 Å². The minimum absolute atomic E-state index is 0. The van der Waals surface area contributed by atoms with Gasteiger partial charge in [-0.2, -0.15) is 0 Å². The van der Waals surface area contributed by atoms with Gasteiger partial charge in [0.25, 0.3) is 0 Å². The standard InChI is InChI=1S/C24H32FN5O.HI/c1-3-26-24(27-16-23(31)28-21-11-9-20(25)10-12-21)29-22-13-14-30(18(2)15-22)17-19-7-5-4-6-8-19;/h4-12,18,22H,3,13-17H2,1-2H3,(H,28,31)(H2,26,27,29);1H. The highest BCUT2D eigenvalue weighted by atomic mass is 127. The first-order chi connectivity index (χ1) is 15.0. The summed E-state index contributed by atoms with van der Waals surface area (Å²) in [6.45, 7) is 6.95. The maximum Gasteiger partial charge on any atom is 0.246 e. The molecular formula is C24H33FIN5O. The van der Waals surface area contributed by atoms with Crippen LogP contribution < -0.4 is 16.0 Å². The number of hydrogen-bond acceptors (Lipinski definition) is 3. The lowest BCUT2D eigenvalue weighted by atomic mass is 9.97. The number of nitrogens with zero attached hydrogens (tertiary/aromatic N) is 2. The van der Waals surface area contributed by atoms with E-state index in [4.69, 9.17) is 0 Å². The zero-order valence-corrected chi connectivity index (χ0v) is 21.0. The van der Waals surface area contributed by atoms with Gasteiger partial charge in [-0.1, -0.05) is 30.3 Å². The van der Waals surface area contributed by atoms with Gasteiger partial charge in [0.05, 0.1) is 0 Å². The molecular weight excluding hydrogens is 520 g/mol. The molecule has 2 aromatic carbocycles. The minimum atomic E-state index is -0.335. The van der Waals surface area contributed by atoms with Crippen LogP contribution in [0.4, 0.5) is 10.1 Å². The Morgan fingerprint density at radius 3 is 2.53 bits per heavy atom. The van der Waals surface area contributed by atoms with E-state index in [2.05, 4.69) is 57.0 Å². The molecule has 1 aliphatic heterocycles. The molecule has 0 saturated carbocycles. The molecule has 0 aliphatic carbocycles. The number of guanidine groups is 1. The summed E-state index contributed by atoms with van der Waals surface area (Å²) in [6, 6.07) is 17.0. The molecule has 0 spiro atoms. The fourth-order valence-electron chi connectivity index (χ4n) is 3.80. The van der Waals surface area contributed by atoms with Crippen LogP contribution in [0, 0.1) is 5.82 Å². The summed E-state index contributed by atoms with van der Waals surface area (Å²) in [7, 11) is 0. The average molecular weight is 553 g/mol. The van der Waals surface area contributed by atoms with Gasteiger partial charge in [0.2, 0.25) is 5.91 Å². The van der Waals surface area contributed by atoms with Crippen molar-refractivity contribution in [1.82, 2.24) is 15.5 Å². The zero-order valence-electron chi connectivity index (χ0n) is 18.7. The van der Waals surface area contributed by atoms with E-state index in [1.165, 1.54) is 29.8 Å². The van der Waals surface area contributed by atoms with Gasteiger partial charge in [0.1, 0.15) is 12.4 Å². The molecule has 1 saturated heterocycles. The average Bonchev–Trinajstić information content (AvgIpc) is 2.76. The fraction of sp³-hybridized carbons (Fsp3) is 0.417. The summed E-state index contributed by atoms with van der Waals surface area (Å²) >= 11 is 0. The van der Waals surface area contributed by atoms with Crippen LogP contribution in [0.2, 0.25) is 0 Å². The Kier molecular flexibility index (Phi) is 10.9. The Bertz CT molecular complexity index is 862. The summed E-state index contributed by atoms with van der Waals surface area (Å²) in [5.74, 6) is 0.0685. The number of carbonyl (C=O) groups is 1. The van der Waals surface area contributed by atoms with E-state index in [0.29, 0.717) is 30.3 Å². The van der Waals surface area contributed by atoms with Gasteiger partial charge >= 0.3 is 0 Å². The van der Waals surface area contributed by atoms with Crippen molar-refractivity contribution in [2.24, 2.45) is 4.99 Å². The Labute approximate surface area is 207 Å². The number of carbonyl (C=O) groups excluding carboxylic acids is 1. The number of likely N-dealkylation sites (tertiary alicyclic amines) is 1. The first-order valence-electron chi connectivity index (χ1n) is 10.9. The molecule has 3 rings (SSSR count). The smallest absolute Gasteiger partial charge is 0.246 e. The quantitative estimate of drug-likeness (QED) is 0.276. The molecule has 3 N–H and O–H groups in total. The Balaban J connectivity index is 0.00000363. The van der Waals surface area contributed by atoms with Crippen LogP contribution in [0.1, 0.15) is 32.3 Å². The maximum atomic E-state index is 13.0. The number of rotatable bonds is 7. The zero-order chi connectivity index (χ0) is 22.1. The van der Waals surface area contributed by atoms with Crippen molar-refractivity contribution < 1.29 is 9.18 Å². The van der Waals surface area contributed by atoms with E-state index < -0.39 is 0 Å². The molecule has 0 aromatic heterocycles. The van der Waals surface area contributed by atoms with Gasteiger partial charge in [0.15, 0.2) is 5.96 Å². The number of halogens is 2. The lowest BCUT2D eigenvalue weighted by Gasteiger charge is -2.38. The van der Waals surface area contributed by atoms with Crippen LogP contribution in [0.3, 0.4) is 0 Å². The molecule has 32 heavy (non-hydrogen) atoms. The second-order valence-electron chi connectivity index (χ2n) is 7.92. The molecule has 1 aliphatic rings. The topological polar surface area (TPSA) is 68.8 Å². The molecule has 0 radical (unpaired) electrons. The van der Waals surface area contributed by atoms with Crippen LogP contribution in [0.25, 0.3) is 0 Å². The third-order valence-corrected chi connectivity index (χ3v) is 5.44. The first kappa shape index (κ1) is 26.1. The minimum Gasteiger partial charge on any atom is -0.357 e. The number of benzene rings is 2. The van der Waals surface area contributed by atoms with E-state index in [9.17, 15) is 9.18 Å². The van der Waals surface area contributed by atoms with Crippen LogP contribution in [-0.2, 0) is 11.3 Å². The number of hydrogen-bond donors (Lipinski definition) is 3. The molecule has 6 nitrogen and oxygen atoms in total. The van der Waals surface area contributed by atoms with Crippen LogP contribution in [-0.4, -0.2) is 48.5 Å². The van der Waals surface area contributed by atoms with Gasteiger partial charge in [-0.25, -0.2) is 9.38 Å². The summed E-state index contributed by atoms with van der Waals surface area (Å²) in [5.41, 5.74) is 1.89. The normalized spacial score (nSPS) is 19.0. The monoisotopic (exact) mass is 553 g/mol. The van der Waals surface area contributed by atoms with Crippen molar-refractivity contribution in [1.29, 1.82) is 0 Å². The molecule has 2 atom stereocenters. The molecule has 2 unspecified atom stereocenters. The van der Waals surface area contributed by atoms with Crippen molar-refractivity contribution in [3.05, 3.63) is 66.0 Å². The molecule has 8 heteroatoms. The van der Waals surface area contributed by atoms with Gasteiger partial charge in [0, 0.05) is 37.4 Å². The first-order valence-corrected chi connectivity index (χ1v) is 10.9. The van der Waals surface area contributed by atoms with E-state index in [1.54, 1.807) is 0 Å². The van der Waals surface area contributed by atoms with Crippen LogP contribution in [0.5, 0.6) is 0 Å². The van der Waals surface area contributed by atoms with Crippen molar-refractivity contribution in [2.75, 3.05) is 25.0 Å². The van der Waals surface area contributed by atoms with Crippen LogP contribution >= 0.6 is 24.0 Å². The fourth-order valence-corrected chi connectivity index (χ4v) is 3.80. The lowest BCUT2D eigenvalue weighted by Crippen LogP contribution is -2.51. The largest absolute Gasteiger partial charge is 0.357 e. The Hall–Kier alpha value is -2.20. The van der Waals surface area contributed by atoms with Crippen molar-refractivity contribution in [3.8, 4) is 0 Å². The van der Waals surface area contributed by atoms with Gasteiger partial charge < -0.3 is 16.0 Å². The van der Waals surface area contributed by atoms with E-state index in [-0.39, 0.29) is 42.2 Å². The van der Waals surface area contributed by atoms with E-state index in [0.717, 1.165) is 25.9 Å². The highest BCUT2D eigenvalue weighted by Crippen LogP contribution is 2.20. The molecule has 174 valence electrons. The van der Waals surface area contributed by atoms with Crippen LogP contribution in [0.15, 0.2) is 59.6 Å². The number of piperidine rings is 1. The lowest BCUT2D eigenvalue weighted by molar-refractivity contribution is -0.114. The molecule has 1 heterocycles. The third kappa shape index (κ3) is 8.38. The number of anilines is 1. The van der Waals surface area contributed by atoms with Crippen molar-refractivity contribution >= 4 is 41.5 Å². The third-order valence-electron chi connectivity index (χ3n) is 5.44. The second-order valence-corrected chi connectivity index (χ2v) is 7.92. The summed E-state index contributed by atoms with van der Waals surface area (Å²) in [6.07, 6.45) is 2.03. The second kappa shape index (κ2) is 13.4. The van der Waals surface area contributed by atoms with Gasteiger partial charge in [-0.05, 0) is 56.5 Å². The van der Waals surface area contributed by atoms with Gasteiger partial charge in [-0.3, -0.25) is 9.69 Å². The maximum absolute atomic E-state index is 13.0. The van der Waals surface area contributed by atoms with Crippen molar-refractivity contribution in [3.63, 3.8) is 0 Å². The molecule has 2 aromatic rings. The summed E-state index contributed by atoms with van der Waals surface area (Å²) in [4.78, 5) is 19.1. The number of aliphatic imine (C=N–C) groups is 1. The number of nitrogens with one attached hydrogen (secondary N) is 3. The highest BCUT2D eigenvalue weighted by molar-refractivity contribution is 14.0. The summed E-state index contributed by atoms with van der Waals surface area (Å²) < 4.78 is 13.0. The molecule has 1 amide bonds. The highest BCUT2D eigenvalue weighted by Gasteiger charge is 2.26. The van der Waals surface area contributed by atoms with Crippen molar-refractivity contribution in [2.45, 2.75) is 45.3 Å². The Morgan fingerprint density at radius 1 is 1.16 bits per heavy atom. The Morgan fingerprint density at radius 2 is 1.88 bits per heavy atom. The predicted molar refractivity (Wildman–Crippen MR) is 139 cm³/mol.